The lowest BCUT2D eigenvalue weighted by molar-refractivity contribution is -0.171. The van der Waals surface area contributed by atoms with E-state index in [-0.39, 0.29) is 0 Å². The fraction of sp³-hybridized carbons (Fsp3) is 0.333. The molecule has 5 nitrogen and oxygen atoms in total. The molecular formula is C12H11F3N2O3. The monoisotopic (exact) mass is 288 g/mol. The molecule has 0 atom stereocenters. The van der Waals surface area contributed by atoms with Crippen LogP contribution in [0.15, 0.2) is 18.2 Å². The first kappa shape index (κ1) is 14.2. The van der Waals surface area contributed by atoms with E-state index in [4.69, 9.17) is 4.74 Å². The number of carbonyl (C=O) groups excluding carboxylic acids is 2. The van der Waals surface area contributed by atoms with Crippen molar-refractivity contribution in [2.24, 2.45) is 0 Å². The van der Waals surface area contributed by atoms with Crippen molar-refractivity contribution < 1.29 is 27.5 Å². The second-order valence-corrected chi connectivity index (χ2v) is 4.13. The molecular weight excluding hydrogens is 277 g/mol. The zero-order chi connectivity index (χ0) is 14.8. The van der Waals surface area contributed by atoms with Crippen LogP contribution in [0.5, 0.6) is 5.75 Å². The number of ketones is 1. The van der Waals surface area contributed by atoms with E-state index in [2.05, 4.69) is 10.6 Å². The molecule has 0 bridgehead atoms. The van der Waals surface area contributed by atoms with Gasteiger partial charge < -0.3 is 15.4 Å². The molecule has 0 unspecified atom stereocenters. The number of amides is 1. The molecule has 0 aromatic heterocycles. The van der Waals surface area contributed by atoms with E-state index in [1.54, 1.807) is 6.07 Å². The second-order valence-electron chi connectivity index (χ2n) is 4.13. The van der Waals surface area contributed by atoms with Crippen LogP contribution in [-0.2, 0) is 9.59 Å². The number of halogens is 3. The van der Waals surface area contributed by atoms with E-state index in [9.17, 15) is 22.8 Å². The maximum Gasteiger partial charge on any atom is 0.450 e. The van der Waals surface area contributed by atoms with Crippen LogP contribution in [-0.4, -0.2) is 31.0 Å². The van der Waals surface area contributed by atoms with Gasteiger partial charge in [0.2, 0.25) is 11.7 Å². The number of rotatable bonds is 3. The first-order valence-electron chi connectivity index (χ1n) is 5.77. The SMILES string of the molecule is O=C(CC(=O)C(F)(F)F)Nc1ccc2c(c1)NCCO2. The molecule has 0 saturated carbocycles. The van der Waals surface area contributed by atoms with Crippen molar-refractivity contribution in [2.45, 2.75) is 12.6 Å². The van der Waals surface area contributed by atoms with Crippen molar-refractivity contribution in [3.63, 3.8) is 0 Å². The number of fused-ring (bicyclic) bond motifs is 1. The summed E-state index contributed by atoms with van der Waals surface area (Å²) >= 11 is 0. The lowest BCUT2D eigenvalue weighted by atomic mass is 10.2. The predicted octanol–water partition coefficient (Wildman–Crippen LogP) is 1.95. The standard InChI is InChI=1S/C12H11F3N2O3/c13-12(14,15)10(18)6-11(19)17-7-1-2-9-8(5-7)16-3-4-20-9/h1-2,5,16H,3-4,6H2,(H,17,19). The summed E-state index contributed by atoms with van der Waals surface area (Å²) in [5.74, 6) is -2.49. The molecule has 1 aromatic carbocycles. The maximum atomic E-state index is 12.0. The van der Waals surface area contributed by atoms with E-state index in [1.165, 1.54) is 12.1 Å². The number of carbonyl (C=O) groups is 2. The zero-order valence-corrected chi connectivity index (χ0v) is 10.2. The summed E-state index contributed by atoms with van der Waals surface area (Å²) in [6, 6.07) is 4.61. The van der Waals surface area contributed by atoms with Gasteiger partial charge in [-0.2, -0.15) is 13.2 Å². The molecule has 0 aliphatic carbocycles. The molecule has 0 fully saturated rings. The number of Topliss-reactive ketones (excluding diaryl/α,β-unsaturated/α-hetero) is 1. The van der Waals surface area contributed by atoms with Crippen LogP contribution in [0, 0.1) is 0 Å². The Morgan fingerprint density at radius 3 is 2.80 bits per heavy atom. The minimum Gasteiger partial charge on any atom is -0.490 e. The van der Waals surface area contributed by atoms with E-state index >= 15 is 0 Å². The van der Waals surface area contributed by atoms with Crippen LogP contribution in [0.4, 0.5) is 24.5 Å². The van der Waals surface area contributed by atoms with Gasteiger partial charge in [-0.1, -0.05) is 0 Å². The number of nitrogens with one attached hydrogen (secondary N) is 2. The first-order valence-corrected chi connectivity index (χ1v) is 5.77. The van der Waals surface area contributed by atoms with Gasteiger partial charge in [0.1, 0.15) is 12.4 Å². The van der Waals surface area contributed by atoms with Crippen molar-refractivity contribution in [2.75, 3.05) is 23.8 Å². The summed E-state index contributed by atoms with van der Waals surface area (Å²) in [5.41, 5.74) is 0.929. The fourth-order valence-electron chi connectivity index (χ4n) is 1.67. The third-order valence-electron chi connectivity index (χ3n) is 2.58. The fourth-order valence-corrected chi connectivity index (χ4v) is 1.67. The number of hydrogen-bond acceptors (Lipinski definition) is 4. The molecule has 1 heterocycles. The number of benzene rings is 1. The largest absolute Gasteiger partial charge is 0.490 e. The van der Waals surface area contributed by atoms with Gasteiger partial charge >= 0.3 is 6.18 Å². The molecule has 0 radical (unpaired) electrons. The van der Waals surface area contributed by atoms with Crippen molar-refractivity contribution >= 4 is 23.1 Å². The molecule has 20 heavy (non-hydrogen) atoms. The van der Waals surface area contributed by atoms with Gasteiger partial charge in [-0.25, -0.2) is 0 Å². The van der Waals surface area contributed by atoms with Gasteiger partial charge in [0.15, 0.2) is 0 Å². The van der Waals surface area contributed by atoms with Crippen molar-refractivity contribution in [3.8, 4) is 5.75 Å². The molecule has 0 saturated heterocycles. The van der Waals surface area contributed by atoms with Crippen molar-refractivity contribution in [1.82, 2.24) is 0 Å². The summed E-state index contributed by atoms with van der Waals surface area (Å²) in [4.78, 5) is 22.0. The molecule has 0 spiro atoms. The quantitative estimate of drug-likeness (QED) is 0.834. The molecule has 2 rings (SSSR count). The van der Waals surface area contributed by atoms with Crippen molar-refractivity contribution in [3.05, 3.63) is 18.2 Å². The van der Waals surface area contributed by atoms with Crippen LogP contribution in [0.3, 0.4) is 0 Å². The Labute approximate surface area is 112 Å². The van der Waals surface area contributed by atoms with E-state index in [0.717, 1.165) is 0 Å². The molecule has 1 aliphatic heterocycles. The average molecular weight is 288 g/mol. The Morgan fingerprint density at radius 1 is 1.35 bits per heavy atom. The molecule has 1 aromatic rings. The molecule has 1 amide bonds. The van der Waals surface area contributed by atoms with Crippen LogP contribution < -0.4 is 15.4 Å². The van der Waals surface area contributed by atoms with Gasteiger partial charge in [0.05, 0.1) is 12.1 Å². The minimum absolute atomic E-state index is 0.293. The third-order valence-corrected chi connectivity index (χ3v) is 2.58. The van der Waals surface area contributed by atoms with Crippen molar-refractivity contribution in [1.29, 1.82) is 0 Å². The Kier molecular flexibility index (Phi) is 3.82. The molecule has 1 aliphatic rings. The first-order chi connectivity index (χ1) is 9.36. The molecule has 108 valence electrons. The Hall–Kier alpha value is -2.25. The zero-order valence-electron chi connectivity index (χ0n) is 10.2. The van der Waals surface area contributed by atoms with Crippen LogP contribution in [0.2, 0.25) is 0 Å². The number of alkyl halides is 3. The lowest BCUT2D eigenvalue weighted by Gasteiger charge is -2.19. The average Bonchev–Trinajstić information content (AvgIpc) is 2.37. The second kappa shape index (κ2) is 5.40. The highest BCUT2D eigenvalue weighted by Gasteiger charge is 2.39. The number of ether oxygens (including phenoxy) is 1. The van der Waals surface area contributed by atoms with Gasteiger partial charge in [-0.3, -0.25) is 9.59 Å². The van der Waals surface area contributed by atoms with Crippen LogP contribution in [0.25, 0.3) is 0 Å². The van der Waals surface area contributed by atoms with E-state index in [1.807, 2.05) is 0 Å². The lowest BCUT2D eigenvalue weighted by Crippen LogP contribution is -2.28. The minimum atomic E-state index is -5.00. The normalized spacial score (nSPS) is 13.8. The highest BCUT2D eigenvalue weighted by Crippen LogP contribution is 2.30. The Balaban J connectivity index is 2.00. The van der Waals surface area contributed by atoms with Gasteiger partial charge in [0, 0.05) is 12.2 Å². The van der Waals surface area contributed by atoms with Gasteiger partial charge in [-0.15, -0.1) is 0 Å². The molecule has 8 heteroatoms. The van der Waals surface area contributed by atoms with Crippen LogP contribution >= 0.6 is 0 Å². The summed E-state index contributed by atoms with van der Waals surface area (Å²) in [6.45, 7) is 1.11. The molecule has 2 N–H and O–H groups in total. The number of anilines is 2. The Morgan fingerprint density at radius 2 is 2.10 bits per heavy atom. The predicted molar refractivity (Wildman–Crippen MR) is 64.7 cm³/mol. The summed E-state index contributed by atoms with van der Waals surface area (Å²) < 4.78 is 41.4. The number of hydrogen-bond donors (Lipinski definition) is 2. The maximum absolute atomic E-state index is 12.0. The van der Waals surface area contributed by atoms with E-state index in [0.29, 0.717) is 30.3 Å². The summed E-state index contributed by atoms with van der Waals surface area (Å²) in [6.07, 6.45) is -6.23. The highest BCUT2D eigenvalue weighted by molar-refractivity contribution is 6.06. The third kappa shape index (κ3) is 3.40. The van der Waals surface area contributed by atoms with Crippen LogP contribution in [0.1, 0.15) is 6.42 Å². The topological polar surface area (TPSA) is 67.4 Å². The van der Waals surface area contributed by atoms with Gasteiger partial charge in [-0.05, 0) is 18.2 Å². The summed E-state index contributed by atoms with van der Waals surface area (Å²) in [5, 5.41) is 5.26. The highest BCUT2D eigenvalue weighted by atomic mass is 19.4. The Bertz CT molecular complexity index is 543. The van der Waals surface area contributed by atoms with Gasteiger partial charge in [0.25, 0.3) is 0 Å². The summed E-state index contributed by atoms with van der Waals surface area (Å²) in [7, 11) is 0. The van der Waals surface area contributed by atoms with E-state index < -0.39 is 24.3 Å². The smallest absolute Gasteiger partial charge is 0.450 e.